The van der Waals surface area contributed by atoms with Crippen molar-refractivity contribution < 1.29 is 19.4 Å². The zero-order valence-electron chi connectivity index (χ0n) is 18.2. The lowest BCUT2D eigenvalue weighted by Crippen LogP contribution is -2.51. The van der Waals surface area contributed by atoms with Crippen LogP contribution < -0.4 is 10.3 Å². The van der Waals surface area contributed by atoms with E-state index in [0.717, 1.165) is 25.9 Å². The molecule has 1 N–H and O–H groups in total. The van der Waals surface area contributed by atoms with Gasteiger partial charge >= 0.3 is 5.97 Å². The number of carbonyl (C=O) groups is 2. The van der Waals surface area contributed by atoms with Gasteiger partial charge in [0.2, 0.25) is 5.43 Å². The maximum atomic E-state index is 12.9. The first-order valence-corrected chi connectivity index (χ1v) is 11.9. The maximum absolute atomic E-state index is 12.9. The zero-order valence-corrected chi connectivity index (χ0v) is 19.0. The van der Waals surface area contributed by atoms with Gasteiger partial charge in [-0.2, -0.15) is 0 Å². The summed E-state index contributed by atoms with van der Waals surface area (Å²) in [5.74, 6) is -0.399. The number of fused-ring (bicyclic) bond motifs is 1. The number of Topliss-reactive ketones (excluding diaryl/α,β-unsaturated/α-hetero) is 1. The summed E-state index contributed by atoms with van der Waals surface area (Å²) >= 11 is 1.33. The molecule has 0 radical (unpaired) electrons. The Bertz CT molecular complexity index is 1270. The van der Waals surface area contributed by atoms with Gasteiger partial charge < -0.3 is 14.7 Å². The van der Waals surface area contributed by atoms with Crippen LogP contribution in [0.4, 0.5) is 5.82 Å². The molecule has 0 bridgehead atoms. The van der Waals surface area contributed by atoms with Gasteiger partial charge in [0, 0.05) is 43.9 Å². The second-order valence-corrected chi connectivity index (χ2v) is 9.47. The van der Waals surface area contributed by atoms with Crippen molar-refractivity contribution in [2.24, 2.45) is 5.92 Å². The summed E-state index contributed by atoms with van der Waals surface area (Å²) in [5.41, 5.74) is 0.119. The molecule has 172 valence electrons. The van der Waals surface area contributed by atoms with Gasteiger partial charge in [0.05, 0.1) is 17.4 Å². The van der Waals surface area contributed by atoms with Crippen molar-refractivity contribution in [1.29, 1.82) is 0 Å². The number of hydrogen-bond donors (Lipinski definition) is 1. The van der Waals surface area contributed by atoms with Crippen LogP contribution in [0.2, 0.25) is 0 Å². The number of pyridine rings is 2. The quantitative estimate of drug-likeness (QED) is 0.563. The molecule has 5 heterocycles. The summed E-state index contributed by atoms with van der Waals surface area (Å²) in [5, 5.41) is 12.1. The number of anilines is 1. The monoisotopic (exact) mass is 468 g/mol. The Hall–Kier alpha value is -3.11. The predicted octanol–water partition coefficient (Wildman–Crippen LogP) is 2.81. The van der Waals surface area contributed by atoms with Gasteiger partial charge in [-0.1, -0.05) is 0 Å². The Morgan fingerprint density at radius 2 is 2.15 bits per heavy atom. The molecule has 33 heavy (non-hydrogen) atoms. The second-order valence-electron chi connectivity index (χ2n) is 8.60. The molecule has 0 aliphatic carbocycles. The number of carboxylic acids is 1. The van der Waals surface area contributed by atoms with E-state index < -0.39 is 11.4 Å². The van der Waals surface area contributed by atoms with Crippen LogP contribution in [0.25, 0.3) is 16.2 Å². The Morgan fingerprint density at radius 3 is 2.82 bits per heavy atom. The van der Waals surface area contributed by atoms with E-state index in [9.17, 15) is 19.5 Å². The summed E-state index contributed by atoms with van der Waals surface area (Å²) in [6.45, 7) is 3.73. The molecule has 1 atom stereocenters. The van der Waals surface area contributed by atoms with Crippen molar-refractivity contribution in [2.75, 3.05) is 24.6 Å². The van der Waals surface area contributed by atoms with Gasteiger partial charge in [0.1, 0.15) is 17.2 Å². The number of aryl methyl sites for hydroxylation is 1. The molecule has 10 heteroatoms. The standard InChI is InChI=1S/C23H24N4O5S/c1-13-9-18(26-10-14(11-26)17(28)5-4-15-3-2-7-32-15)25-21-19(13)20(29)16(22(30)31)12-27(21)23-24-6-8-33-23/h6,8-9,12,14-15H,2-5,7,10-11H2,1H3,(H,30,31). The molecule has 0 saturated carbocycles. The van der Waals surface area contributed by atoms with Crippen molar-refractivity contribution in [3.63, 3.8) is 0 Å². The SMILES string of the molecule is Cc1cc(N2CC(C(=O)CCC3CCCO3)C2)nc2c1c(=O)c(C(=O)O)cn2-c1nccs1. The third kappa shape index (κ3) is 4.04. The lowest BCUT2D eigenvalue weighted by atomic mass is 9.91. The van der Waals surface area contributed by atoms with Crippen molar-refractivity contribution >= 4 is 39.9 Å². The summed E-state index contributed by atoms with van der Waals surface area (Å²) < 4.78 is 7.17. The van der Waals surface area contributed by atoms with Crippen molar-refractivity contribution in [2.45, 2.75) is 38.7 Å². The van der Waals surface area contributed by atoms with Crippen LogP contribution in [0.5, 0.6) is 0 Å². The van der Waals surface area contributed by atoms with E-state index in [1.165, 1.54) is 17.5 Å². The number of ether oxygens (including phenoxy) is 1. The fourth-order valence-electron chi connectivity index (χ4n) is 4.52. The number of hydrogen-bond acceptors (Lipinski definition) is 8. The van der Waals surface area contributed by atoms with Crippen LogP contribution in [0.3, 0.4) is 0 Å². The molecule has 9 nitrogen and oxygen atoms in total. The molecule has 2 fully saturated rings. The van der Waals surface area contributed by atoms with Gasteiger partial charge in [-0.15, -0.1) is 11.3 Å². The molecule has 3 aromatic heterocycles. The second kappa shape index (κ2) is 8.68. The highest BCUT2D eigenvalue weighted by Gasteiger charge is 2.34. The van der Waals surface area contributed by atoms with Gasteiger partial charge in [-0.05, 0) is 37.8 Å². The minimum atomic E-state index is -1.29. The van der Waals surface area contributed by atoms with E-state index in [2.05, 4.69) is 4.98 Å². The third-order valence-corrected chi connectivity index (χ3v) is 7.17. The minimum absolute atomic E-state index is 0.0280. The molecule has 2 aliphatic rings. The Labute approximate surface area is 193 Å². The number of nitrogens with zero attached hydrogens (tertiary/aromatic N) is 4. The van der Waals surface area contributed by atoms with Crippen LogP contribution in [0, 0.1) is 12.8 Å². The number of aromatic carboxylic acids is 1. The first-order chi connectivity index (χ1) is 15.9. The van der Waals surface area contributed by atoms with Gasteiger partial charge in [0.15, 0.2) is 10.8 Å². The average Bonchev–Trinajstić information content (AvgIpc) is 3.45. The average molecular weight is 469 g/mol. The van der Waals surface area contributed by atoms with E-state index in [4.69, 9.17) is 9.72 Å². The largest absolute Gasteiger partial charge is 0.477 e. The molecule has 0 aromatic carbocycles. The number of thiazole rings is 1. The maximum Gasteiger partial charge on any atom is 0.341 e. The van der Waals surface area contributed by atoms with Crippen LogP contribution in [-0.2, 0) is 9.53 Å². The Balaban J connectivity index is 1.42. The van der Waals surface area contributed by atoms with Crippen molar-refractivity contribution in [1.82, 2.24) is 14.5 Å². The molecule has 0 spiro atoms. The highest BCUT2D eigenvalue weighted by molar-refractivity contribution is 7.12. The molecule has 0 amide bonds. The lowest BCUT2D eigenvalue weighted by Gasteiger charge is -2.39. The molecule has 2 aliphatic heterocycles. The van der Waals surface area contributed by atoms with Gasteiger partial charge in [-0.3, -0.25) is 14.2 Å². The molecule has 5 rings (SSSR count). The Morgan fingerprint density at radius 1 is 1.33 bits per heavy atom. The summed E-state index contributed by atoms with van der Waals surface area (Å²) in [4.78, 5) is 48.1. The summed E-state index contributed by atoms with van der Waals surface area (Å²) in [6.07, 6.45) is 6.55. The normalized spacial score (nSPS) is 18.6. The first kappa shape index (κ1) is 21.7. The van der Waals surface area contributed by atoms with Crippen LogP contribution >= 0.6 is 11.3 Å². The fraction of sp³-hybridized carbons (Fsp3) is 0.435. The number of carboxylic acid groups (broad SMARTS) is 1. The molecule has 3 aromatic rings. The van der Waals surface area contributed by atoms with Crippen molar-refractivity contribution in [3.05, 3.63) is 45.2 Å². The zero-order chi connectivity index (χ0) is 23.1. The molecular weight excluding hydrogens is 444 g/mol. The summed E-state index contributed by atoms with van der Waals surface area (Å²) in [7, 11) is 0. The molecule has 2 saturated heterocycles. The predicted molar refractivity (Wildman–Crippen MR) is 124 cm³/mol. The Kier molecular flexibility index (Phi) is 5.71. The molecule has 1 unspecified atom stereocenters. The number of rotatable bonds is 7. The molecular formula is C23H24N4O5S. The lowest BCUT2D eigenvalue weighted by molar-refractivity contribution is -0.124. The number of aromatic nitrogens is 3. The minimum Gasteiger partial charge on any atom is -0.477 e. The van der Waals surface area contributed by atoms with Crippen molar-refractivity contribution in [3.8, 4) is 5.13 Å². The van der Waals surface area contributed by atoms with Crippen LogP contribution in [0.1, 0.15) is 41.6 Å². The highest BCUT2D eigenvalue weighted by atomic mass is 32.1. The smallest absolute Gasteiger partial charge is 0.341 e. The highest BCUT2D eigenvalue weighted by Crippen LogP contribution is 2.29. The fourth-order valence-corrected chi connectivity index (χ4v) is 5.14. The van der Waals surface area contributed by atoms with Gasteiger partial charge in [-0.25, -0.2) is 14.8 Å². The van der Waals surface area contributed by atoms with E-state index in [1.54, 1.807) is 29.1 Å². The first-order valence-electron chi connectivity index (χ1n) is 11.0. The van der Waals surface area contributed by atoms with E-state index in [1.807, 2.05) is 4.90 Å². The topological polar surface area (TPSA) is 115 Å². The third-order valence-electron chi connectivity index (χ3n) is 6.40. The number of carbonyl (C=O) groups excluding carboxylic acids is 1. The van der Waals surface area contributed by atoms with Gasteiger partial charge in [0.25, 0.3) is 0 Å². The number of ketones is 1. The van der Waals surface area contributed by atoms with Crippen LogP contribution in [-0.4, -0.2) is 57.2 Å². The van der Waals surface area contributed by atoms with E-state index in [-0.39, 0.29) is 28.8 Å². The van der Waals surface area contributed by atoms with E-state index in [0.29, 0.717) is 41.7 Å². The van der Waals surface area contributed by atoms with E-state index >= 15 is 0 Å². The summed E-state index contributed by atoms with van der Waals surface area (Å²) in [6, 6.07) is 1.79. The van der Waals surface area contributed by atoms with Crippen LogP contribution in [0.15, 0.2) is 28.6 Å².